The quantitative estimate of drug-likeness (QED) is 0.328. The first-order valence-electron chi connectivity index (χ1n) is 11.7. The van der Waals surface area contributed by atoms with Gasteiger partial charge in [-0.15, -0.1) is 0 Å². The maximum absolute atomic E-state index is 14.8. The van der Waals surface area contributed by atoms with Gasteiger partial charge < -0.3 is 21.1 Å². The van der Waals surface area contributed by atoms with Crippen molar-refractivity contribution in [1.82, 2.24) is 10.2 Å². The van der Waals surface area contributed by atoms with Crippen molar-refractivity contribution in [2.75, 3.05) is 49.5 Å². The van der Waals surface area contributed by atoms with E-state index < -0.39 is 47.7 Å². The molecule has 2 aromatic rings. The third-order valence-corrected chi connectivity index (χ3v) is 6.35. The van der Waals surface area contributed by atoms with E-state index in [2.05, 4.69) is 10.6 Å². The fourth-order valence-corrected chi connectivity index (χ4v) is 4.13. The predicted octanol–water partition coefficient (Wildman–Crippen LogP) is 3.45. The summed E-state index contributed by atoms with van der Waals surface area (Å²) >= 11 is 6.13. The van der Waals surface area contributed by atoms with Crippen molar-refractivity contribution in [3.8, 4) is 0 Å². The van der Waals surface area contributed by atoms with Gasteiger partial charge >= 0.3 is 12.1 Å². The number of hydrogen-bond donors (Lipinski definition) is 4. The van der Waals surface area contributed by atoms with Crippen LogP contribution in [0.2, 0.25) is 5.02 Å². The fraction of sp³-hybridized carbons (Fsp3) is 0.417. The highest BCUT2D eigenvalue weighted by Gasteiger charge is 2.29. The zero-order valence-corrected chi connectivity index (χ0v) is 20.9. The molecule has 14 heteroatoms. The number of aliphatic carboxylic acids is 1. The lowest BCUT2D eigenvalue weighted by molar-refractivity contribution is -0.139. The summed E-state index contributed by atoms with van der Waals surface area (Å²) in [5, 5.41) is 14.4. The number of nitrogens with two attached hydrogens (primary N) is 1. The number of anilines is 2. The van der Waals surface area contributed by atoms with Gasteiger partial charge in [0.1, 0.15) is 6.04 Å². The van der Waals surface area contributed by atoms with E-state index in [0.29, 0.717) is 36.9 Å². The van der Waals surface area contributed by atoms with Crippen molar-refractivity contribution in [2.45, 2.75) is 25.2 Å². The molecule has 1 fully saturated rings. The van der Waals surface area contributed by atoms with E-state index in [1.165, 1.54) is 18.2 Å². The molecular formula is C24H27ClF5N5O3. The number of piperazine rings is 1. The Morgan fingerprint density at radius 2 is 1.76 bits per heavy atom. The van der Waals surface area contributed by atoms with E-state index in [1.54, 1.807) is 11.0 Å². The minimum atomic E-state index is -4.24. The molecule has 0 bridgehead atoms. The van der Waals surface area contributed by atoms with Crippen LogP contribution in [0.15, 0.2) is 30.3 Å². The Balaban J connectivity index is 1.71. The molecular weight excluding hydrogens is 537 g/mol. The molecule has 2 aromatic carbocycles. The number of nitrogens with zero attached hydrogens (tertiary/aromatic N) is 2. The number of carbonyl (C=O) groups excluding carboxylic acids is 1. The fourth-order valence-electron chi connectivity index (χ4n) is 3.97. The van der Waals surface area contributed by atoms with Gasteiger partial charge in [-0.1, -0.05) is 17.7 Å². The molecule has 8 nitrogen and oxygen atoms in total. The zero-order chi connectivity index (χ0) is 28.0. The van der Waals surface area contributed by atoms with Crippen LogP contribution in [-0.2, 0) is 11.3 Å². The van der Waals surface area contributed by atoms with Crippen LogP contribution < -0.4 is 21.3 Å². The molecule has 5 N–H and O–H groups in total. The highest BCUT2D eigenvalue weighted by Crippen LogP contribution is 2.31. The summed E-state index contributed by atoms with van der Waals surface area (Å²) in [6.45, 7) is 0.755. The third-order valence-electron chi connectivity index (χ3n) is 6.11. The lowest BCUT2D eigenvalue weighted by Gasteiger charge is -2.37. The molecule has 1 saturated heterocycles. The van der Waals surface area contributed by atoms with Gasteiger partial charge in [0.15, 0.2) is 11.6 Å². The molecule has 38 heavy (non-hydrogen) atoms. The van der Waals surface area contributed by atoms with Gasteiger partial charge in [-0.3, -0.25) is 19.8 Å². The topological polar surface area (TPSA) is 111 Å². The summed E-state index contributed by atoms with van der Waals surface area (Å²) in [4.78, 5) is 27.4. The first kappa shape index (κ1) is 29.6. The number of carbonyl (C=O) groups is 2. The number of hydrogen-bond acceptors (Lipinski definition) is 6. The number of amides is 1. The Hall–Kier alpha value is -3.00. The summed E-state index contributed by atoms with van der Waals surface area (Å²) < 4.78 is 67.0. The molecule has 0 aliphatic carbocycles. The third kappa shape index (κ3) is 7.76. The van der Waals surface area contributed by atoms with Crippen molar-refractivity contribution in [2.24, 2.45) is 5.73 Å². The molecule has 0 radical (unpaired) electrons. The number of nitrogens with one attached hydrogen (secondary N) is 2. The molecule has 0 spiro atoms. The first-order chi connectivity index (χ1) is 17.9. The monoisotopic (exact) mass is 563 g/mol. The van der Waals surface area contributed by atoms with E-state index in [9.17, 15) is 31.5 Å². The summed E-state index contributed by atoms with van der Waals surface area (Å²) in [7, 11) is 0. The predicted molar refractivity (Wildman–Crippen MR) is 132 cm³/mol. The molecule has 1 aliphatic heterocycles. The standard InChI is InChI=1S/C24H27ClF5N5O3/c25-15-2-4-17(19(11-15)35-9-7-34(8-10-35)6-5-24(28,29)30)33-22(36)16-3-1-14(20(26)21(16)27)13-32-18(12-31)23(37)38/h1-4,11,18,32H,5-10,12-13,31H2,(H,33,36)(H,37,38). The number of carboxylic acid groups (broad SMARTS) is 1. The molecule has 208 valence electrons. The molecule has 1 amide bonds. The lowest BCUT2D eigenvalue weighted by atomic mass is 10.1. The molecule has 1 aliphatic rings. The van der Waals surface area contributed by atoms with Crippen LogP contribution in [0.5, 0.6) is 0 Å². The maximum Gasteiger partial charge on any atom is 0.390 e. The number of halogens is 6. The molecule has 1 atom stereocenters. The molecule has 1 unspecified atom stereocenters. The minimum absolute atomic E-state index is 0.115. The average molecular weight is 564 g/mol. The second kappa shape index (κ2) is 12.7. The first-order valence-corrected chi connectivity index (χ1v) is 12.1. The van der Waals surface area contributed by atoms with Crippen LogP contribution in [0.3, 0.4) is 0 Å². The summed E-state index contributed by atoms with van der Waals surface area (Å²) in [6.07, 6.45) is -5.15. The van der Waals surface area contributed by atoms with E-state index in [-0.39, 0.29) is 30.9 Å². The molecule has 3 rings (SSSR count). The van der Waals surface area contributed by atoms with Crippen LogP contribution >= 0.6 is 11.6 Å². The van der Waals surface area contributed by atoms with Crippen molar-refractivity contribution in [3.63, 3.8) is 0 Å². The smallest absolute Gasteiger partial charge is 0.390 e. The number of alkyl halides is 3. The van der Waals surface area contributed by atoms with Crippen LogP contribution in [-0.4, -0.2) is 73.4 Å². The van der Waals surface area contributed by atoms with Crippen LogP contribution in [0, 0.1) is 11.6 Å². The minimum Gasteiger partial charge on any atom is -0.480 e. The maximum atomic E-state index is 14.8. The van der Waals surface area contributed by atoms with Crippen LogP contribution in [0.1, 0.15) is 22.3 Å². The normalized spacial score (nSPS) is 15.4. The Bertz CT molecular complexity index is 1160. The highest BCUT2D eigenvalue weighted by molar-refractivity contribution is 6.31. The number of carboxylic acids is 1. The van der Waals surface area contributed by atoms with E-state index in [4.69, 9.17) is 22.4 Å². The summed E-state index contributed by atoms with van der Waals surface area (Å²) in [6, 6.07) is 5.66. The van der Waals surface area contributed by atoms with Gasteiger partial charge in [0.25, 0.3) is 5.91 Å². The van der Waals surface area contributed by atoms with E-state index in [1.807, 2.05) is 4.90 Å². The van der Waals surface area contributed by atoms with Crippen molar-refractivity contribution in [1.29, 1.82) is 0 Å². The van der Waals surface area contributed by atoms with E-state index >= 15 is 0 Å². The number of rotatable bonds is 10. The SMILES string of the molecule is NCC(NCc1ccc(C(=O)Nc2ccc(Cl)cc2N2CCN(CCC(F)(F)F)CC2)c(F)c1F)C(=O)O. The van der Waals surface area contributed by atoms with E-state index in [0.717, 1.165) is 6.07 Å². The van der Waals surface area contributed by atoms with Crippen molar-refractivity contribution in [3.05, 3.63) is 58.1 Å². The molecule has 0 saturated carbocycles. The van der Waals surface area contributed by atoms with Gasteiger partial charge in [-0.2, -0.15) is 13.2 Å². The number of benzene rings is 2. The molecule has 1 heterocycles. The zero-order valence-electron chi connectivity index (χ0n) is 20.1. The summed E-state index contributed by atoms with van der Waals surface area (Å²) in [5.74, 6) is -4.89. The van der Waals surface area contributed by atoms with Crippen molar-refractivity contribution < 1.29 is 36.6 Å². The Labute approximate surface area is 220 Å². The Kier molecular flexibility index (Phi) is 9.88. The summed E-state index contributed by atoms with van der Waals surface area (Å²) in [5.41, 5.74) is 5.33. The van der Waals surface area contributed by atoms with Crippen molar-refractivity contribution >= 4 is 34.9 Å². The Morgan fingerprint density at radius 1 is 1.08 bits per heavy atom. The highest BCUT2D eigenvalue weighted by atomic mass is 35.5. The Morgan fingerprint density at radius 3 is 2.37 bits per heavy atom. The van der Waals surface area contributed by atoms with Crippen LogP contribution in [0.4, 0.5) is 33.3 Å². The van der Waals surface area contributed by atoms with Crippen LogP contribution in [0.25, 0.3) is 0 Å². The largest absolute Gasteiger partial charge is 0.480 e. The van der Waals surface area contributed by atoms with Gasteiger partial charge in [0, 0.05) is 56.4 Å². The van der Waals surface area contributed by atoms with Gasteiger partial charge in [0.05, 0.1) is 23.4 Å². The average Bonchev–Trinajstić information content (AvgIpc) is 2.86. The second-order valence-electron chi connectivity index (χ2n) is 8.72. The van der Waals surface area contributed by atoms with Gasteiger partial charge in [-0.05, 0) is 24.3 Å². The second-order valence-corrected chi connectivity index (χ2v) is 9.15. The molecule has 0 aromatic heterocycles. The lowest BCUT2D eigenvalue weighted by Crippen LogP contribution is -2.47. The van der Waals surface area contributed by atoms with Gasteiger partial charge in [0.2, 0.25) is 0 Å². The van der Waals surface area contributed by atoms with Gasteiger partial charge in [-0.25, -0.2) is 8.78 Å².